The van der Waals surface area contributed by atoms with Gasteiger partial charge in [-0.3, -0.25) is 0 Å². The standard InChI is InChI=1S/C11H17FSSi/c1-8-6-9(13-2)7-10(11(8)12)14(3,4)5/h6-7H,1-5H3. The van der Waals surface area contributed by atoms with Crippen LogP contribution in [0.1, 0.15) is 5.56 Å². The van der Waals surface area contributed by atoms with E-state index in [2.05, 4.69) is 19.6 Å². The molecule has 0 amide bonds. The summed E-state index contributed by atoms with van der Waals surface area (Å²) in [7, 11) is -1.55. The Hall–Kier alpha value is -0.283. The molecular weight excluding hydrogens is 211 g/mol. The number of aryl methyl sites for hydroxylation is 1. The molecule has 3 heteroatoms. The molecule has 1 aromatic rings. The monoisotopic (exact) mass is 228 g/mol. The first-order chi connectivity index (χ1) is 6.36. The van der Waals surface area contributed by atoms with Crippen LogP contribution in [0.4, 0.5) is 4.39 Å². The van der Waals surface area contributed by atoms with Crippen molar-refractivity contribution in [1.82, 2.24) is 0 Å². The predicted octanol–water partition coefficient (Wildman–Crippen LogP) is 3.40. The van der Waals surface area contributed by atoms with Gasteiger partial charge in [0.1, 0.15) is 5.82 Å². The second kappa shape index (κ2) is 4.07. The highest BCUT2D eigenvalue weighted by Gasteiger charge is 2.22. The van der Waals surface area contributed by atoms with Gasteiger partial charge in [0.2, 0.25) is 0 Å². The molecule has 0 aliphatic rings. The summed E-state index contributed by atoms with van der Waals surface area (Å²) in [5.74, 6) is 0.00182. The molecule has 78 valence electrons. The smallest absolute Gasteiger partial charge is 0.125 e. The van der Waals surface area contributed by atoms with Crippen LogP contribution in [0, 0.1) is 12.7 Å². The van der Waals surface area contributed by atoms with Gasteiger partial charge in [-0.05, 0) is 36.1 Å². The molecule has 0 aliphatic carbocycles. The highest BCUT2D eigenvalue weighted by atomic mass is 32.2. The van der Waals surface area contributed by atoms with Gasteiger partial charge in [-0.1, -0.05) is 19.6 Å². The largest absolute Gasteiger partial charge is 0.207 e. The Morgan fingerprint density at radius 3 is 2.21 bits per heavy atom. The number of thioether (sulfide) groups is 1. The summed E-state index contributed by atoms with van der Waals surface area (Å²) >= 11 is 1.68. The van der Waals surface area contributed by atoms with Gasteiger partial charge >= 0.3 is 0 Å². The maximum absolute atomic E-state index is 13.8. The van der Waals surface area contributed by atoms with Gasteiger partial charge in [-0.2, -0.15) is 0 Å². The van der Waals surface area contributed by atoms with Crippen LogP contribution in [-0.2, 0) is 0 Å². The van der Waals surface area contributed by atoms with Gasteiger partial charge in [0.15, 0.2) is 0 Å². The van der Waals surface area contributed by atoms with Gasteiger partial charge < -0.3 is 0 Å². The molecule has 14 heavy (non-hydrogen) atoms. The second-order valence-electron chi connectivity index (χ2n) is 4.56. The minimum atomic E-state index is -1.55. The molecule has 0 unspecified atom stereocenters. The first-order valence-corrected chi connectivity index (χ1v) is 9.43. The van der Waals surface area contributed by atoms with E-state index in [1.165, 1.54) is 4.90 Å². The zero-order valence-corrected chi connectivity index (χ0v) is 11.3. The van der Waals surface area contributed by atoms with Crippen LogP contribution in [0.2, 0.25) is 19.6 Å². The van der Waals surface area contributed by atoms with E-state index < -0.39 is 8.07 Å². The number of hydrogen-bond donors (Lipinski definition) is 0. The van der Waals surface area contributed by atoms with Crippen LogP contribution in [0.25, 0.3) is 0 Å². The van der Waals surface area contributed by atoms with Gasteiger partial charge in [0, 0.05) is 4.90 Å². The SMILES string of the molecule is CSc1cc(C)c(F)c([Si](C)(C)C)c1. The summed E-state index contributed by atoms with van der Waals surface area (Å²) in [5.41, 5.74) is 0.772. The molecule has 0 N–H and O–H groups in total. The van der Waals surface area contributed by atoms with Crippen LogP contribution < -0.4 is 5.19 Å². The Balaban J connectivity index is 3.35. The third-order valence-corrected chi connectivity index (χ3v) is 4.96. The predicted molar refractivity (Wildman–Crippen MR) is 65.9 cm³/mol. The second-order valence-corrected chi connectivity index (χ2v) is 10.5. The van der Waals surface area contributed by atoms with Crippen molar-refractivity contribution in [1.29, 1.82) is 0 Å². The molecular formula is C11H17FSSi. The van der Waals surface area contributed by atoms with Crippen molar-refractivity contribution in [3.63, 3.8) is 0 Å². The minimum Gasteiger partial charge on any atom is -0.207 e. The Kier molecular flexibility index (Phi) is 3.43. The zero-order valence-electron chi connectivity index (χ0n) is 9.44. The molecule has 0 nitrogen and oxygen atoms in total. The summed E-state index contributed by atoms with van der Waals surface area (Å²) < 4.78 is 13.8. The van der Waals surface area contributed by atoms with E-state index >= 15 is 0 Å². The highest BCUT2D eigenvalue weighted by Crippen LogP contribution is 2.19. The van der Waals surface area contributed by atoms with Crippen LogP contribution in [0.5, 0.6) is 0 Å². The number of hydrogen-bond acceptors (Lipinski definition) is 1. The first kappa shape index (κ1) is 11.8. The van der Waals surface area contributed by atoms with E-state index in [-0.39, 0.29) is 5.82 Å². The summed E-state index contributed by atoms with van der Waals surface area (Å²) in [4.78, 5) is 1.17. The minimum absolute atomic E-state index is 0.00182. The van der Waals surface area contributed by atoms with E-state index in [4.69, 9.17) is 0 Å². The molecule has 0 fully saturated rings. The van der Waals surface area contributed by atoms with Crippen molar-refractivity contribution in [2.75, 3.05) is 6.26 Å². The van der Waals surface area contributed by atoms with Gasteiger partial charge in [0.25, 0.3) is 0 Å². The Morgan fingerprint density at radius 1 is 1.21 bits per heavy atom. The van der Waals surface area contributed by atoms with E-state index in [1.54, 1.807) is 11.8 Å². The molecule has 1 aromatic carbocycles. The average Bonchev–Trinajstić information content (AvgIpc) is 2.07. The maximum Gasteiger partial charge on any atom is 0.125 e. The maximum atomic E-state index is 13.8. The summed E-state index contributed by atoms with van der Waals surface area (Å²) in [6, 6.07) is 3.93. The Labute approximate surface area is 90.9 Å². The highest BCUT2D eigenvalue weighted by molar-refractivity contribution is 7.98. The van der Waals surface area contributed by atoms with Crippen molar-refractivity contribution >= 4 is 25.0 Å². The van der Waals surface area contributed by atoms with Crippen molar-refractivity contribution in [2.24, 2.45) is 0 Å². The lowest BCUT2D eigenvalue weighted by Gasteiger charge is -2.19. The van der Waals surface area contributed by atoms with Crippen molar-refractivity contribution < 1.29 is 4.39 Å². The molecule has 0 saturated heterocycles. The summed E-state index contributed by atoms with van der Waals surface area (Å²) in [6.07, 6.45) is 2.03. The van der Waals surface area contributed by atoms with Gasteiger partial charge in [-0.15, -0.1) is 11.8 Å². The molecule has 0 saturated carbocycles. The quantitative estimate of drug-likeness (QED) is 0.552. The zero-order chi connectivity index (χ0) is 10.9. The topological polar surface area (TPSA) is 0 Å². The van der Waals surface area contributed by atoms with Gasteiger partial charge in [-0.25, -0.2) is 4.39 Å². The van der Waals surface area contributed by atoms with Crippen LogP contribution in [0.15, 0.2) is 17.0 Å². The fourth-order valence-electron chi connectivity index (χ4n) is 1.40. The van der Waals surface area contributed by atoms with E-state index in [9.17, 15) is 4.39 Å². The molecule has 0 bridgehead atoms. The fraction of sp³-hybridized carbons (Fsp3) is 0.455. The molecule has 0 heterocycles. The van der Waals surface area contributed by atoms with Crippen LogP contribution in [-0.4, -0.2) is 14.3 Å². The lowest BCUT2D eigenvalue weighted by molar-refractivity contribution is 0.624. The molecule has 0 aromatic heterocycles. The normalized spacial score (nSPS) is 11.9. The third-order valence-electron chi connectivity index (χ3n) is 2.27. The van der Waals surface area contributed by atoms with E-state index in [1.807, 2.05) is 25.3 Å². The van der Waals surface area contributed by atoms with Crippen LogP contribution in [0.3, 0.4) is 0 Å². The molecule has 0 aliphatic heterocycles. The lowest BCUT2D eigenvalue weighted by atomic mass is 10.2. The van der Waals surface area contributed by atoms with Crippen molar-refractivity contribution in [3.05, 3.63) is 23.5 Å². The molecule has 0 spiro atoms. The van der Waals surface area contributed by atoms with Crippen molar-refractivity contribution in [2.45, 2.75) is 31.5 Å². The average molecular weight is 228 g/mol. The molecule has 0 radical (unpaired) electrons. The molecule has 0 atom stereocenters. The van der Waals surface area contributed by atoms with E-state index in [0.29, 0.717) is 0 Å². The number of halogens is 1. The fourth-order valence-corrected chi connectivity index (χ4v) is 3.48. The molecule has 1 rings (SSSR count). The van der Waals surface area contributed by atoms with Crippen LogP contribution >= 0.6 is 11.8 Å². The van der Waals surface area contributed by atoms with Crippen molar-refractivity contribution in [3.8, 4) is 0 Å². The van der Waals surface area contributed by atoms with E-state index in [0.717, 1.165) is 10.8 Å². The Morgan fingerprint density at radius 2 is 1.79 bits per heavy atom. The summed E-state index contributed by atoms with van der Waals surface area (Å²) in [5, 5.41) is 0.946. The number of benzene rings is 1. The first-order valence-electron chi connectivity index (χ1n) is 4.71. The number of rotatable bonds is 2. The summed E-state index contributed by atoms with van der Waals surface area (Å²) in [6.45, 7) is 8.37. The lowest BCUT2D eigenvalue weighted by Crippen LogP contribution is -2.40. The third kappa shape index (κ3) is 2.39. The van der Waals surface area contributed by atoms with Gasteiger partial charge in [0.05, 0.1) is 8.07 Å². The Bertz CT molecular complexity index is 342.